The summed E-state index contributed by atoms with van der Waals surface area (Å²) >= 11 is 3.36. The van der Waals surface area contributed by atoms with E-state index in [0.717, 1.165) is 40.0 Å². The zero-order valence-electron chi connectivity index (χ0n) is 21.1. The third-order valence-electron chi connectivity index (χ3n) is 5.22. The van der Waals surface area contributed by atoms with Crippen LogP contribution < -0.4 is 10.4 Å². The summed E-state index contributed by atoms with van der Waals surface area (Å²) in [6.45, 7) is 4.03. The van der Waals surface area contributed by atoms with E-state index in [1.165, 1.54) is 12.1 Å². The molecule has 0 saturated carbocycles. The van der Waals surface area contributed by atoms with Crippen molar-refractivity contribution in [3.63, 3.8) is 0 Å². The molecule has 208 valence electrons. The van der Waals surface area contributed by atoms with Crippen molar-refractivity contribution in [1.82, 2.24) is 0 Å². The van der Waals surface area contributed by atoms with Crippen LogP contribution >= 0.6 is 15.9 Å². The SMILES string of the molecule is CC(=O)OC[C@H]1O[C@@H](Oc2cc3oc(=O)cc(C=[N+]=N)c3cc2Br)[C@H](OC(C)=O)[C@@H](OC(C)=O)[C@H]1OC(C)=O. The maximum Gasteiger partial charge on any atom is 0.338 e. The van der Waals surface area contributed by atoms with Crippen molar-refractivity contribution in [2.75, 3.05) is 6.61 Å². The zero-order chi connectivity index (χ0) is 28.9. The van der Waals surface area contributed by atoms with E-state index >= 15 is 0 Å². The predicted molar refractivity (Wildman–Crippen MR) is 131 cm³/mol. The predicted octanol–water partition coefficient (Wildman–Crippen LogP) is 1.68. The molecular formula is C24H24BrN2O12+. The first kappa shape index (κ1) is 29.5. The fourth-order valence-electron chi connectivity index (χ4n) is 3.86. The molecule has 0 amide bonds. The molecule has 0 unspecified atom stereocenters. The zero-order valence-corrected chi connectivity index (χ0v) is 22.7. The summed E-state index contributed by atoms with van der Waals surface area (Å²) in [5.41, 5.74) is 6.76. The third kappa shape index (κ3) is 7.50. The fourth-order valence-corrected chi connectivity index (χ4v) is 4.30. The maximum absolute atomic E-state index is 12.0. The van der Waals surface area contributed by atoms with Gasteiger partial charge in [0.15, 0.2) is 12.2 Å². The van der Waals surface area contributed by atoms with Crippen LogP contribution in [0.5, 0.6) is 5.75 Å². The molecule has 2 aromatic rings. The third-order valence-corrected chi connectivity index (χ3v) is 5.84. The Morgan fingerprint density at radius 2 is 1.56 bits per heavy atom. The van der Waals surface area contributed by atoms with E-state index in [-0.39, 0.29) is 11.3 Å². The second-order valence-electron chi connectivity index (χ2n) is 8.24. The van der Waals surface area contributed by atoms with E-state index in [9.17, 15) is 24.0 Å². The number of ether oxygens (including phenoxy) is 6. The van der Waals surface area contributed by atoms with Gasteiger partial charge in [-0.3, -0.25) is 19.2 Å². The van der Waals surface area contributed by atoms with E-state index in [1.54, 1.807) is 0 Å². The van der Waals surface area contributed by atoms with Crippen molar-refractivity contribution in [3.8, 4) is 5.75 Å². The fraction of sp³-hybridized carbons (Fsp3) is 0.417. The normalized spacial score (nSPS) is 22.2. The number of rotatable bonds is 8. The number of hydrogen-bond acceptors (Lipinski definition) is 13. The lowest BCUT2D eigenvalue weighted by atomic mass is 9.98. The standard InChI is InChI=1S/C24H24BrN2O12/c1-10(28)33-9-19-21(34-11(2)29)22(35-12(3)30)23(36-13(4)31)24(39-19)38-18-7-17-15(6-16(18)25)14(8-27-26)5-20(32)37-17/h5-8,19,21-24,26H,9H2,1-4H3/q+1/t19-,21+,22+,23-,24-/m1/s1. The molecule has 3 rings (SSSR count). The molecule has 14 nitrogen and oxygen atoms in total. The second-order valence-corrected chi connectivity index (χ2v) is 9.10. The molecule has 1 aliphatic rings. The van der Waals surface area contributed by atoms with Gasteiger partial charge < -0.3 is 32.8 Å². The van der Waals surface area contributed by atoms with Crippen LogP contribution in [0.15, 0.2) is 31.9 Å². The molecule has 15 heteroatoms. The minimum Gasteiger partial charge on any atom is -0.463 e. The number of benzene rings is 1. The minimum atomic E-state index is -1.50. The van der Waals surface area contributed by atoms with Gasteiger partial charge in [-0.1, -0.05) is 0 Å². The van der Waals surface area contributed by atoms with Crippen LogP contribution in [-0.4, -0.2) is 72.2 Å². The first-order valence-corrected chi connectivity index (χ1v) is 12.1. The summed E-state index contributed by atoms with van der Waals surface area (Å²) in [6, 6.07) is 4.04. The minimum absolute atomic E-state index is 0.0477. The molecule has 1 aromatic heterocycles. The first-order chi connectivity index (χ1) is 18.4. The van der Waals surface area contributed by atoms with Crippen LogP contribution in [-0.2, 0) is 42.9 Å². The molecule has 5 atom stereocenters. The largest absolute Gasteiger partial charge is 0.463 e. The van der Waals surface area contributed by atoms with Crippen molar-refractivity contribution in [1.29, 1.82) is 5.53 Å². The van der Waals surface area contributed by atoms with Crippen LogP contribution in [0.2, 0.25) is 0 Å². The lowest BCUT2D eigenvalue weighted by Gasteiger charge is -2.44. The van der Waals surface area contributed by atoms with E-state index < -0.39 is 66.8 Å². The summed E-state index contributed by atoms with van der Waals surface area (Å²) in [5.74, 6) is -2.97. The van der Waals surface area contributed by atoms with Crippen molar-refractivity contribution < 1.29 is 56.8 Å². The molecule has 1 aromatic carbocycles. The van der Waals surface area contributed by atoms with Gasteiger partial charge in [-0.25, -0.2) is 4.79 Å². The second kappa shape index (κ2) is 12.7. The van der Waals surface area contributed by atoms with Crippen LogP contribution in [0.4, 0.5) is 0 Å². The van der Waals surface area contributed by atoms with Gasteiger partial charge in [0.1, 0.15) is 24.0 Å². The van der Waals surface area contributed by atoms with Crippen molar-refractivity contribution in [2.45, 2.75) is 58.4 Å². The first-order valence-electron chi connectivity index (χ1n) is 11.3. The van der Waals surface area contributed by atoms with E-state index in [1.807, 2.05) is 0 Å². The molecule has 1 saturated heterocycles. The maximum atomic E-state index is 12.0. The summed E-state index contributed by atoms with van der Waals surface area (Å²) in [4.78, 5) is 62.6. The molecule has 39 heavy (non-hydrogen) atoms. The number of hydrogen-bond donors (Lipinski definition) is 1. The number of carbonyl (C=O) groups is 4. The van der Waals surface area contributed by atoms with E-state index in [4.69, 9.17) is 38.4 Å². The van der Waals surface area contributed by atoms with Gasteiger partial charge in [-0.15, -0.1) is 0 Å². The van der Waals surface area contributed by atoms with Crippen molar-refractivity contribution >= 4 is 57.0 Å². The molecule has 1 aliphatic heterocycles. The molecule has 0 bridgehead atoms. The van der Waals surface area contributed by atoms with E-state index in [0.29, 0.717) is 15.4 Å². The van der Waals surface area contributed by atoms with E-state index in [2.05, 4.69) is 20.7 Å². The van der Waals surface area contributed by atoms with Gasteiger partial charge in [0.2, 0.25) is 12.4 Å². The molecule has 1 fully saturated rings. The van der Waals surface area contributed by atoms with Crippen LogP contribution in [0, 0.1) is 5.53 Å². The number of carbonyl (C=O) groups excluding carboxylic acids is 4. The Kier molecular flexibility index (Phi) is 9.56. The van der Waals surface area contributed by atoms with Gasteiger partial charge >= 0.3 is 35.7 Å². The Morgan fingerprint density at radius 3 is 2.15 bits per heavy atom. The van der Waals surface area contributed by atoms with Crippen molar-refractivity contribution in [3.05, 3.63) is 38.7 Å². The number of fused-ring (bicyclic) bond motifs is 1. The highest BCUT2D eigenvalue weighted by Gasteiger charge is 2.53. The molecule has 0 radical (unpaired) electrons. The number of nitrogens with zero attached hydrogens (tertiary/aromatic N) is 1. The molecule has 0 spiro atoms. The highest BCUT2D eigenvalue weighted by atomic mass is 79.9. The Balaban J connectivity index is 2.10. The van der Waals surface area contributed by atoms with Crippen molar-refractivity contribution in [2.24, 2.45) is 0 Å². The Labute approximate surface area is 228 Å². The quantitative estimate of drug-likeness (QED) is 0.113. The number of nitrogens with one attached hydrogen (secondary N) is 1. The van der Waals surface area contributed by atoms with Gasteiger partial charge in [0.05, 0.1) is 15.6 Å². The number of halogens is 1. The Morgan fingerprint density at radius 1 is 0.949 bits per heavy atom. The highest BCUT2D eigenvalue weighted by Crippen LogP contribution is 2.36. The summed E-state index contributed by atoms with van der Waals surface area (Å²) in [7, 11) is 0. The van der Waals surface area contributed by atoms with Crippen LogP contribution in [0.1, 0.15) is 33.3 Å². The average Bonchev–Trinajstić information content (AvgIpc) is 2.82. The molecule has 0 aliphatic carbocycles. The number of esters is 4. The lowest BCUT2D eigenvalue weighted by molar-refractivity contribution is -0.288. The Bertz CT molecular complexity index is 1400. The summed E-state index contributed by atoms with van der Waals surface area (Å²) < 4.78 is 38.6. The topological polar surface area (TPSA) is 192 Å². The van der Waals surface area contributed by atoms with Gasteiger partial charge in [0, 0.05) is 50.0 Å². The van der Waals surface area contributed by atoms with Crippen LogP contribution in [0.3, 0.4) is 0 Å². The van der Waals surface area contributed by atoms with Crippen LogP contribution in [0.25, 0.3) is 11.0 Å². The molecule has 1 N–H and O–H groups in total. The smallest absolute Gasteiger partial charge is 0.338 e. The summed E-state index contributed by atoms with van der Waals surface area (Å²) in [6.07, 6.45) is -5.78. The van der Waals surface area contributed by atoms with Gasteiger partial charge in [-0.05, 0) is 22.0 Å². The Hall–Kier alpha value is -4.07. The molecule has 2 heterocycles. The lowest BCUT2D eigenvalue weighted by Crippen LogP contribution is -2.63. The average molecular weight is 612 g/mol. The van der Waals surface area contributed by atoms with Gasteiger partial charge in [0.25, 0.3) is 0 Å². The van der Waals surface area contributed by atoms with Gasteiger partial charge in [-0.2, -0.15) is 0 Å². The monoisotopic (exact) mass is 611 g/mol. The highest BCUT2D eigenvalue weighted by molar-refractivity contribution is 9.10. The molecular weight excluding hydrogens is 588 g/mol. The summed E-state index contributed by atoms with van der Waals surface area (Å²) in [5, 5.41) is 0.423.